The molecule has 0 amide bonds. The quantitative estimate of drug-likeness (QED) is 0.373. The SMILES string of the molecule is C/C(=C\c1cc(Br)cc(Br)c1)c1cc(Br)cc(Br)c1. The summed E-state index contributed by atoms with van der Waals surface area (Å²) in [6, 6.07) is 12.5. The van der Waals surface area contributed by atoms with Crippen LogP contribution in [0.2, 0.25) is 0 Å². The fourth-order valence-electron chi connectivity index (χ4n) is 1.77. The maximum Gasteiger partial charge on any atom is 0.0192 e. The zero-order valence-electron chi connectivity index (χ0n) is 10.1. The molecule has 0 unspecified atom stereocenters. The Morgan fingerprint density at radius 1 is 0.737 bits per heavy atom. The molecular formula is C15H10Br4. The fraction of sp³-hybridized carbons (Fsp3) is 0.0667. The molecule has 0 heterocycles. The highest BCUT2D eigenvalue weighted by Gasteiger charge is 2.01. The highest BCUT2D eigenvalue weighted by Crippen LogP contribution is 2.27. The van der Waals surface area contributed by atoms with Crippen LogP contribution in [0.3, 0.4) is 0 Å². The molecule has 19 heavy (non-hydrogen) atoms. The van der Waals surface area contributed by atoms with Crippen LogP contribution in [0.15, 0.2) is 54.3 Å². The summed E-state index contributed by atoms with van der Waals surface area (Å²) in [5, 5.41) is 0. The average molecular weight is 510 g/mol. The second kappa shape index (κ2) is 6.70. The summed E-state index contributed by atoms with van der Waals surface area (Å²) in [7, 11) is 0. The molecule has 2 aromatic carbocycles. The predicted molar refractivity (Wildman–Crippen MR) is 97.2 cm³/mol. The summed E-state index contributed by atoms with van der Waals surface area (Å²) in [6.07, 6.45) is 2.17. The van der Waals surface area contributed by atoms with Crippen molar-refractivity contribution in [3.05, 3.63) is 65.4 Å². The van der Waals surface area contributed by atoms with Crippen molar-refractivity contribution in [2.24, 2.45) is 0 Å². The number of halogens is 4. The zero-order chi connectivity index (χ0) is 14.0. The molecule has 0 aliphatic carbocycles. The van der Waals surface area contributed by atoms with Crippen molar-refractivity contribution >= 4 is 75.4 Å². The first-order valence-corrected chi connectivity index (χ1v) is 8.72. The topological polar surface area (TPSA) is 0 Å². The van der Waals surface area contributed by atoms with Gasteiger partial charge in [-0.05, 0) is 60.0 Å². The molecule has 0 aliphatic rings. The van der Waals surface area contributed by atoms with Crippen molar-refractivity contribution < 1.29 is 0 Å². The minimum Gasteiger partial charge on any atom is -0.0514 e. The third kappa shape index (κ3) is 4.55. The first-order valence-electron chi connectivity index (χ1n) is 5.55. The summed E-state index contributed by atoms with van der Waals surface area (Å²) in [6.45, 7) is 2.11. The second-order valence-corrected chi connectivity index (χ2v) is 7.85. The standard InChI is InChI=1S/C15H10Br4/c1-9(11-5-14(18)8-15(19)6-11)2-10-3-12(16)7-13(17)4-10/h2-8H,1H3/b9-2+. The smallest absolute Gasteiger partial charge is 0.0192 e. The second-order valence-electron chi connectivity index (χ2n) is 4.19. The highest BCUT2D eigenvalue weighted by molar-refractivity contribution is 9.11. The summed E-state index contributed by atoms with van der Waals surface area (Å²) in [4.78, 5) is 0. The molecule has 0 N–H and O–H groups in total. The van der Waals surface area contributed by atoms with E-state index in [1.807, 2.05) is 12.1 Å². The molecule has 2 rings (SSSR count). The number of benzene rings is 2. The summed E-state index contributed by atoms with van der Waals surface area (Å²) in [5.41, 5.74) is 3.57. The highest BCUT2D eigenvalue weighted by atomic mass is 79.9. The van der Waals surface area contributed by atoms with Crippen LogP contribution in [0.1, 0.15) is 18.1 Å². The lowest BCUT2D eigenvalue weighted by Gasteiger charge is -2.05. The van der Waals surface area contributed by atoms with Gasteiger partial charge < -0.3 is 0 Å². The molecule has 0 fully saturated rings. The van der Waals surface area contributed by atoms with Gasteiger partial charge in [0.1, 0.15) is 0 Å². The molecular weight excluding hydrogens is 500 g/mol. The summed E-state index contributed by atoms with van der Waals surface area (Å²) in [5.74, 6) is 0. The maximum absolute atomic E-state index is 3.52. The Kier molecular flexibility index (Phi) is 5.46. The molecule has 0 bridgehead atoms. The van der Waals surface area contributed by atoms with Gasteiger partial charge in [-0.3, -0.25) is 0 Å². The Balaban J connectivity index is 2.42. The summed E-state index contributed by atoms with van der Waals surface area (Å²) < 4.78 is 4.27. The lowest BCUT2D eigenvalue weighted by Crippen LogP contribution is -1.82. The van der Waals surface area contributed by atoms with Crippen LogP contribution in [0.5, 0.6) is 0 Å². The van der Waals surface area contributed by atoms with Crippen LogP contribution in [-0.2, 0) is 0 Å². The molecule has 0 aliphatic heterocycles. The number of hydrogen-bond acceptors (Lipinski definition) is 0. The Hall–Kier alpha value is 0.1000. The molecule has 98 valence electrons. The summed E-state index contributed by atoms with van der Waals surface area (Å²) >= 11 is 14.1. The van der Waals surface area contributed by atoms with Gasteiger partial charge in [-0.25, -0.2) is 0 Å². The van der Waals surface area contributed by atoms with Crippen LogP contribution < -0.4 is 0 Å². The lowest BCUT2D eigenvalue weighted by atomic mass is 10.0. The molecule has 0 saturated heterocycles. The van der Waals surface area contributed by atoms with E-state index >= 15 is 0 Å². The lowest BCUT2D eigenvalue weighted by molar-refractivity contribution is 1.51. The molecule has 4 heteroatoms. The van der Waals surface area contributed by atoms with E-state index in [-0.39, 0.29) is 0 Å². The zero-order valence-corrected chi connectivity index (χ0v) is 16.4. The first-order chi connectivity index (χ1) is 8.94. The Labute approximate surface area is 146 Å². The van der Waals surface area contributed by atoms with Gasteiger partial charge in [-0.2, -0.15) is 0 Å². The van der Waals surface area contributed by atoms with Crippen molar-refractivity contribution in [1.29, 1.82) is 0 Å². The third-order valence-electron chi connectivity index (χ3n) is 2.59. The first kappa shape index (κ1) is 15.5. The van der Waals surface area contributed by atoms with Gasteiger partial charge in [0, 0.05) is 17.9 Å². The number of allylic oxidation sites excluding steroid dienone is 1. The minimum absolute atomic E-state index is 1.07. The minimum atomic E-state index is 1.07. The van der Waals surface area contributed by atoms with Crippen LogP contribution >= 0.6 is 63.7 Å². The fourth-order valence-corrected chi connectivity index (χ4v) is 4.40. The average Bonchev–Trinajstić information content (AvgIpc) is 2.25. The van der Waals surface area contributed by atoms with Crippen LogP contribution in [0.25, 0.3) is 11.6 Å². The van der Waals surface area contributed by atoms with Crippen molar-refractivity contribution in [3.8, 4) is 0 Å². The third-order valence-corrected chi connectivity index (χ3v) is 4.42. The van der Waals surface area contributed by atoms with E-state index in [0.717, 1.165) is 23.5 Å². The van der Waals surface area contributed by atoms with Crippen LogP contribution in [0, 0.1) is 0 Å². The molecule has 0 radical (unpaired) electrons. The predicted octanol–water partition coefficient (Wildman–Crippen LogP) is 7.30. The van der Waals surface area contributed by atoms with E-state index in [1.54, 1.807) is 0 Å². The van der Waals surface area contributed by atoms with Gasteiger partial charge in [0.2, 0.25) is 0 Å². The molecule has 0 spiro atoms. The normalized spacial score (nSPS) is 11.7. The van der Waals surface area contributed by atoms with Gasteiger partial charge in [0.25, 0.3) is 0 Å². The van der Waals surface area contributed by atoms with Gasteiger partial charge in [-0.15, -0.1) is 0 Å². The number of rotatable bonds is 2. The van der Waals surface area contributed by atoms with Gasteiger partial charge in [-0.1, -0.05) is 69.8 Å². The van der Waals surface area contributed by atoms with Crippen LogP contribution in [-0.4, -0.2) is 0 Å². The van der Waals surface area contributed by atoms with E-state index in [4.69, 9.17) is 0 Å². The molecule has 0 saturated carbocycles. The van der Waals surface area contributed by atoms with Crippen molar-refractivity contribution in [2.45, 2.75) is 6.92 Å². The monoisotopic (exact) mass is 506 g/mol. The van der Waals surface area contributed by atoms with E-state index in [1.165, 1.54) is 11.1 Å². The largest absolute Gasteiger partial charge is 0.0514 e. The van der Waals surface area contributed by atoms with E-state index in [2.05, 4.69) is 101 Å². The van der Waals surface area contributed by atoms with E-state index < -0.39 is 0 Å². The Morgan fingerprint density at radius 2 is 1.16 bits per heavy atom. The van der Waals surface area contributed by atoms with Gasteiger partial charge in [0.15, 0.2) is 0 Å². The Morgan fingerprint density at radius 3 is 1.63 bits per heavy atom. The van der Waals surface area contributed by atoms with Crippen molar-refractivity contribution in [1.82, 2.24) is 0 Å². The molecule has 2 aromatic rings. The van der Waals surface area contributed by atoms with Gasteiger partial charge in [0.05, 0.1) is 0 Å². The molecule has 0 nitrogen and oxygen atoms in total. The van der Waals surface area contributed by atoms with Crippen molar-refractivity contribution in [3.63, 3.8) is 0 Å². The molecule has 0 aromatic heterocycles. The number of hydrogen-bond donors (Lipinski definition) is 0. The Bertz CT molecular complexity index is 604. The van der Waals surface area contributed by atoms with Crippen molar-refractivity contribution in [2.75, 3.05) is 0 Å². The molecule has 0 atom stereocenters. The van der Waals surface area contributed by atoms with Crippen LogP contribution in [0.4, 0.5) is 0 Å². The van der Waals surface area contributed by atoms with E-state index in [9.17, 15) is 0 Å². The maximum atomic E-state index is 3.52. The van der Waals surface area contributed by atoms with E-state index in [0.29, 0.717) is 0 Å². The van der Waals surface area contributed by atoms with Gasteiger partial charge >= 0.3 is 0 Å².